The van der Waals surface area contributed by atoms with Crippen molar-refractivity contribution >= 4 is 5.97 Å². The molecule has 0 spiro atoms. The quantitative estimate of drug-likeness (QED) is 0.576. The van der Waals surface area contributed by atoms with Gasteiger partial charge in [0.25, 0.3) is 0 Å². The molecule has 3 saturated carbocycles. The lowest BCUT2D eigenvalue weighted by molar-refractivity contribution is -0.152. The van der Waals surface area contributed by atoms with Crippen LogP contribution in [0.15, 0.2) is 12.2 Å². The second-order valence-electron chi connectivity index (χ2n) is 7.02. The first-order valence-corrected chi connectivity index (χ1v) is 8.85. The number of carboxylic acids is 1. The van der Waals surface area contributed by atoms with E-state index in [2.05, 4.69) is 12.2 Å². The highest BCUT2D eigenvalue weighted by molar-refractivity contribution is 5.66. The molecule has 4 aliphatic rings. The Morgan fingerprint density at radius 2 is 1.73 bits per heavy atom. The van der Waals surface area contributed by atoms with Crippen molar-refractivity contribution in [3.8, 4) is 0 Å². The van der Waals surface area contributed by atoms with Crippen LogP contribution in [0.2, 0.25) is 0 Å². The summed E-state index contributed by atoms with van der Waals surface area (Å²) in [6, 6.07) is 0. The Bertz CT molecular complexity index is 390. The minimum absolute atomic E-state index is 0.0264. The molecule has 1 heterocycles. The van der Waals surface area contributed by atoms with Gasteiger partial charge in [-0.1, -0.05) is 12.2 Å². The summed E-state index contributed by atoms with van der Waals surface area (Å²) in [5.41, 5.74) is 0. The number of allylic oxidation sites excluding steroid dienone is 2. The third kappa shape index (κ3) is 3.72. The Kier molecular flexibility index (Phi) is 5.53. The zero-order valence-electron chi connectivity index (χ0n) is 13.3. The smallest absolute Gasteiger partial charge is 0.303 e. The summed E-state index contributed by atoms with van der Waals surface area (Å²) in [7, 11) is 0. The van der Waals surface area contributed by atoms with Crippen molar-refractivity contribution in [3.63, 3.8) is 0 Å². The molecular formula is C18H28O4. The van der Waals surface area contributed by atoms with E-state index in [-0.39, 0.29) is 12.7 Å². The van der Waals surface area contributed by atoms with E-state index in [0.29, 0.717) is 11.8 Å². The molecule has 2 atom stereocenters. The Balaban J connectivity index is 1.53. The minimum Gasteiger partial charge on any atom is -0.481 e. The summed E-state index contributed by atoms with van der Waals surface area (Å²) in [6.07, 6.45) is 12.9. The summed E-state index contributed by atoms with van der Waals surface area (Å²) in [4.78, 5) is 10.5. The van der Waals surface area contributed by atoms with E-state index in [9.17, 15) is 4.79 Å². The highest BCUT2D eigenvalue weighted by atomic mass is 16.7. The lowest BCUT2D eigenvalue weighted by Gasteiger charge is -2.50. The fraction of sp³-hybridized carbons (Fsp3) is 0.833. The van der Waals surface area contributed by atoms with Gasteiger partial charge >= 0.3 is 5.97 Å². The standard InChI is InChI=1S/C18H28O4/c19-16(20)6-4-2-1-3-5-15-13-7-9-14(10-8-13)17(15)18-21-11-12-22-18/h1,3,13-15,17-18H,2,4-12H2,(H,19,20)/t13?,14?,15-,17-/m0/s1. The molecule has 0 amide bonds. The fourth-order valence-corrected chi connectivity index (χ4v) is 4.74. The van der Waals surface area contributed by atoms with Gasteiger partial charge in [-0.15, -0.1) is 0 Å². The van der Waals surface area contributed by atoms with Crippen molar-refractivity contribution in [1.29, 1.82) is 0 Å². The van der Waals surface area contributed by atoms with Crippen LogP contribution in [0.1, 0.15) is 51.4 Å². The predicted octanol–water partition coefficient (Wildman–Crippen LogP) is 3.61. The van der Waals surface area contributed by atoms with E-state index >= 15 is 0 Å². The second-order valence-corrected chi connectivity index (χ2v) is 7.02. The minimum atomic E-state index is -0.700. The van der Waals surface area contributed by atoms with Crippen LogP contribution in [-0.4, -0.2) is 30.6 Å². The van der Waals surface area contributed by atoms with Crippen LogP contribution < -0.4 is 0 Å². The molecule has 4 nitrogen and oxygen atoms in total. The summed E-state index contributed by atoms with van der Waals surface area (Å²) in [6.45, 7) is 1.49. The van der Waals surface area contributed by atoms with Crippen LogP contribution in [0.3, 0.4) is 0 Å². The van der Waals surface area contributed by atoms with Gasteiger partial charge in [-0.3, -0.25) is 4.79 Å². The Hall–Kier alpha value is -0.870. The summed E-state index contributed by atoms with van der Waals surface area (Å²) in [5, 5.41) is 8.65. The largest absolute Gasteiger partial charge is 0.481 e. The van der Waals surface area contributed by atoms with Crippen LogP contribution in [-0.2, 0) is 14.3 Å². The molecule has 1 N–H and O–H groups in total. The first kappa shape index (κ1) is 16.0. The molecule has 1 saturated heterocycles. The molecule has 4 rings (SSSR count). The fourth-order valence-electron chi connectivity index (χ4n) is 4.74. The maximum absolute atomic E-state index is 10.5. The van der Waals surface area contributed by atoms with Crippen molar-refractivity contribution in [2.75, 3.05) is 13.2 Å². The molecule has 0 unspecified atom stereocenters. The maximum atomic E-state index is 10.5. The van der Waals surface area contributed by atoms with Crippen LogP contribution >= 0.6 is 0 Å². The predicted molar refractivity (Wildman–Crippen MR) is 83.4 cm³/mol. The number of hydrogen-bond donors (Lipinski definition) is 1. The average Bonchev–Trinajstić information content (AvgIpc) is 3.05. The summed E-state index contributed by atoms with van der Waals surface area (Å²) in [5.74, 6) is 2.16. The molecule has 0 aromatic heterocycles. The molecule has 4 fully saturated rings. The SMILES string of the molecule is O=C(O)CCCC=CC[C@H]1C2CCC(CC2)[C@@H]1C1OCCO1. The number of fused-ring (bicyclic) bond motifs is 3. The lowest BCUT2D eigenvalue weighted by Crippen LogP contribution is -2.45. The topological polar surface area (TPSA) is 55.8 Å². The van der Waals surface area contributed by atoms with Crippen molar-refractivity contribution in [1.82, 2.24) is 0 Å². The molecule has 3 aliphatic carbocycles. The van der Waals surface area contributed by atoms with E-state index in [4.69, 9.17) is 14.6 Å². The van der Waals surface area contributed by atoms with Gasteiger partial charge in [0.2, 0.25) is 0 Å². The maximum Gasteiger partial charge on any atom is 0.303 e. The number of hydrogen-bond acceptors (Lipinski definition) is 3. The molecule has 2 bridgehead atoms. The molecule has 1 aliphatic heterocycles. The molecule has 124 valence electrons. The van der Waals surface area contributed by atoms with Crippen LogP contribution in [0.4, 0.5) is 0 Å². The van der Waals surface area contributed by atoms with E-state index in [1.54, 1.807) is 0 Å². The lowest BCUT2D eigenvalue weighted by atomic mass is 9.57. The third-order valence-electron chi connectivity index (χ3n) is 5.76. The third-order valence-corrected chi connectivity index (χ3v) is 5.76. The van der Waals surface area contributed by atoms with Crippen LogP contribution in [0.25, 0.3) is 0 Å². The van der Waals surface area contributed by atoms with Gasteiger partial charge in [0.15, 0.2) is 6.29 Å². The zero-order valence-corrected chi connectivity index (χ0v) is 13.3. The normalized spacial score (nSPS) is 35.5. The van der Waals surface area contributed by atoms with Gasteiger partial charge in [-0.25, -0.2) is 0 Å². The average molecular weight is 308 g/mol. The van der Waals surface area contributed by atoms with Crippen molar-refractivity contribution < 1.29 is 19.4 Å². The van der Waals surface area contributed by atoms with E-state index < -0.39 is 5.97 Å². The number of carboxylic acid groups (broad SMARTS) is 1. The Labute approximate surface area is 132 Å². The number of rotatable bonds is 7. The number of ether oxygens (including phenoxy) is 2. The first-order chi connectivity index (χ1) is 10.8. The molecule has 0 aromatic rings. The molecule has 22 heavy (non-hydrogen) atoms. The number of aliphatic carboxylic acids is 1. The van der Waals surface area contributed by atoms with Crippen LogP contribution in [0, 0.1) is 23.7 Å². The molecular weight excluding hydrogens is 280 g/mol. The number of unbranched alkanes of at least 4 members (excludes halogenated alkanes) is 1. The van der Waals surface area contributed by atoms with E-state index in [1.807, 2.05) is 0 Å². The monoisotopic (exact) mass is 308 g/mol. The van der Waals surface area contributed by atoms with Gasteiger partial charge in [-0.2, -0.15) is 0 Å². The van der Waals surface area contributed by atoms with Crippen molar-refractivity contribution in [2.45, 2.75) is 57.7 Å². The molecule has 4 heteroatoms. The van der Waals surface area contributed by atoms with E-state index in [0.717, 1.165) is 44.3 Å². The van der Waals surface area contributed by atoms with Crippen molar-refractivity contribution in [2.24, 2.45) is 23.7 Å². The molecule has 0 aromatic carbocycles. The summed E-state index contributed by atoms with van der Waals surface area (Å²) >= 11 is 0. The van der Waals surface area contributed by atoms with Gasteiger partial charge < -0.3 is 14.6 Å². The van der Waals surface area contributed by atoms with Gasteiger partial charge in [0.1, 0.15) is 0 Å². The summed E-state index contributed by atoms with van der Waals surface area (Å²) < 4.78 is 11.7. The van der Waals surface area contributed by atoms with Crippen molar-refractivity contribution in [3.05, 3.63) is 12.2 Å². The van der Waals surface area contributed by atoms with E-state index in [1.165, 1.54) is 25.7 Å². The van der Waals surface area contributed by atoms with Gasteiger partial charge in [0.05, 0.1) is 13.2 Å². The van der Waals surface area contributed by atoms with Crippen LogP contribution in [0.5, 0.6) is 0 Å². The highest BCUT2D eigenvalue weighted by Crippen LogP contribution is 2.52. The van der Waals surface area contributed by atoms with Gasteiger partial charge in [0, 0.05) is 12.3 Å². The first-order valence-electron chi connectivity index (χ1n) is 8.85. The number of carbonyl (C=O) groups is 1. The molecule has 0 radical (unpaired) electrons. The second kappa shape index (κ2) is 7.60. The highest BCUT2D eigenvalue weighted by Gasteiger charge is 2.47. The Morgan fingerprint density at radius 1 is 1.05 bits per heavy atom. The van der Waals surface area contributed by atoms with Gasteiger partial charge in [-0.05, 0) is 62.7 Å². The zero-order chi connectivity index (χ0) is 15.4. The Morgan fingerprint density at radius 3 is 2.41 bits per heavy atom.